The molecule has 0 atom stereocenters. The van der Waals surface area contributed by atoms with Crippen molar-refractivity contribution in [2.75, 3.05) is 4.90 Å². The van der Waals surface area contributed by atoms with Crippen molar-refractivity contribution in [3.63, 3.8) is 0 Å². The highest BCUT2D eigenvalue weighted by atomic mass is 32.1. The molecule has 10 aromatic rings. The summed E-state index contributed by atoms with van der Waals surface area (Å²) >= 11 is 1.86. The first kappa shape index (κ1) is 44.5. The van der Waals surface area contributed by atoms with Crippen molar-refractivity contribution >= 4 is 93.5 Å². The van der Waals surface area contributed by atoms with Crippen molar-refractivity contribution < 1.29 is 9.47 Å². The molecule has 8 aromatic carbocycles. The maximum atomic E-state index is 7.23. The van der Waals surface area contributed by atoms with Gasteiger partial charge in [-0.05, 0) is 134 Å². The Bertz CT molecular complexity index is 3630. The summed E-state index contributed by atoms with van der Waals surface area (Å²) in [5.74, 6) is 3.44. The van der Waals surface area contributed by atoms with Crippen molar-refractivity contribution in [3.8, 4) is 28.7 Å². The lowest BCUT2D eigenvalue weighted by atomic mass is 9.34. The number of hydrogen-bond donors (Lipinski definition) is 0. The third kappa shape index (κ3) is 7.08. The molecule has 0 saturated heterocycles. The average Bonchev–Trinajstić information content (AvgIpc) is 3.87. The van der Waals surface area contributed by atoms with Crippen LogP contribution < -0.4 is 30.8 Å². The standard InChI is InChI=1S/C64H61BN2O2S/c1-61(2,3)38-20-26-42(27-21-38)66(43-28-22-39(23-29-43)62(4,5)6)44-30-31-48-55(36-44)68-53-17-15-18-54-58(53)65(48)49-37-52(60-57(59(49)69-54)45-16-13-14-19-56(45)70-60)67-50-32-24-40(63(7,8)9)34-46(50)47-35-41(64(10,11)12)25-33-51(47)67/h13-37H,1-12H3. The summed E-state index contributed by atoms with van der Waals surface area (Å²) in [6.07, 6.45) is 0. The van der Waals surface area contributed by atoms with Crippen molar-refractivity contribution in [1.82, 2.24) is 4.57 Å². The fraction of sp³-hybridized carbons (Fsp3) is 0.250. The van der Waals surface area contributed by atoms with E-state index in [0.717, 1.165) is 61.8 Å². The van der Waals surface area contributed by atoms with Crippen molar-refractivity contribution in [1.29, 1.82) is 0 Å². The summed E-state index contributed by atoms with van der Waals surface area (Å²) in [5.41, 5.74) is 15.5. The molecule has 2 aliphatic rings. The highest BCUT2D eigenvalue weighted by molar-refractivity contribution is 7.26. The molecule has 0 saturated carbocycles. The number of aromatic nitrogens is 1. The molecule has 6 heteroatoms. The van der Waals surface area contributed by atoms with E-state index in [1.807, 2.05) is 11.3 Å². The van der Waals surface area contributed by atoms with Gasteiger partial charge >= 0.3 is 0 Å². The van der Waals surface area contributed by atoms with Gasteiger partial charge in [0.1, 0.15) is 23.0 Å². The fourth-order valence-electron chi connectivity index (χ4n) is 10.9. The summed E-state index contributed by atoms with van der Waals surface area (Å²) in [6.45, 7) is 27.3. The molecule has 12 rings (SSSR count). The van der Waals surface area contributed by atoms with E-state index in [-0.39, 0.29) is 28.4 Å². The summed E-state index contributed by atoms with van der Waals surface area (Å²) in [7, 11) is 0. The van der Waals surface area contributed by atoms with Crippen LogP contribution in [0.15, 0.2) is 152 Å². The molecule has 0 unspecified atom stereocenters. The van der Waals surface area contributed by atoms with E-state index >= 15 is 0 Å². The number of benzene rings is 8. The first-order valence-corrected chi connectivity index (χ1v) is 25.8. The molecule has 2 aromatic heterocycles. The maximum absolute atomic E-state index is 7.23. The molecule has 348 valence electrons. The Morgan fingerprint density at radius 1 is 0.443 bits per heavy atom. The van der Waals surface area contributed by atoms with Crippen LogP contribution in [-0.2, 0) is 21.7 Å². The zero-order valence-electron chi connectivity index (χ0n) is 42.6. The Morgan fingerprint density at radius 3 is 1.51 bits per heavy atom. The number of anilines is 3. The average molecular weight is 933 g/mol. The minimum Gasteiger partial charge on any atom is -0.458 e. The Kier molecular flexibility index (Phi) is 9.76. The van der Waals surface area contributed by atoms with Crippen LogP contribution >= 0.6 is 11.3 Å². The number of rotatable bonds is 4. The molecule has 0 aliphatic carbocycles. The summed E-state index contributed by atoms with van der Waals surface area (Å²) < 4.78 is 19.3. The van der Waals surface area contributed by atoms with Crippen LogP contribution in [0.3, 0.4) is 0 Å². The van der Waals surface area contributed by atoms with Crippen molar-refractivity contribution in [2.45, 2.75) is 105 Å². The van der Waals surface area contributed by atoms with E-state index in [1.165, 1.54) is 64.5 Å². The zero-order chi connectivity index (χ0) is 48.8. The Labute approximate surface area is 417 Å². The minimum atomic E-state index is -0.145. The lowest BCUT2D eigenvalue weighted by Crippen LogP contribution is -2.57. The van der Waals surface area contributed by atoms with Gasteiger partial charge in [-0.3, -0.25) is 0 Å². The summed E-state index contributed by atoms with van der Waals surface area (Å²) in [4.78, 5) is 2.37. The topological polar surface area (TPSA) is 26.6 Å². The van der Waals surface area contributed by atoms with E-state index < -0.39 is 0 Å². The van der Waals surface area contributed by atoms with Gasteiger partial charge in [0.25, 0.3) is 6.71 Å². The van der Waals surface area contributed by atoms with E-state index in [1.54, 1.807) is 0 Å². The first-order chi connectivity index (χ1) is 33.2. The number of nitrogens with zero attached hydrogens (tertiary/aromatic N) is 2. The van der Waals surface area contributed by atoms with Gasteiger partial charge in [0.15, 0.2) is 0 Å². The van der Waals surface area contributed by atoms with Crippen LogP contribution in [0.25, 0.3) is 47.7 Å². The Morgan fingerprint density at radius 2 is 0.957 bits per heavy atom. The van der Waals surface area contributed by atoms with Gasteiger partial charge in [0.05, 0.1) is 21.4 Å². The van der Waals surface area contributed by atoms with E-state index in [9.17, 15) is 0 Å². The molecule has 0 fully saturated rings. The SMILES string of the molecule is CC(C)(C)c1ccc(N(c2ccc(C(C)(C)C)cc2)c2ccc3c(c2)Oc2cccc4c2B3c2cc(-n3c5ccc(C(C)(C)C)cc5c5cc(C(C)(C)C)ccc53)c3sc5ccccc5c3c2O4)cc1. The number of fused-ring (bicyclic) bond motifs is 11. The van der Waals surface area contributed by atoms with Crippen LogP contribution in [-0.4, -0.2) is 11.3 Å². The molecule has 0 spiro atoms. The molecule has 4 nitrogen and oxygen atoms in total. The lowest BCUT2D eigenvalue weighted by molar-refractivity contribution is 0.467. The number of hydrogen-bond acceptors (Lipinski definition) is 4. The van der Waals surface area contributed by atoms with Gasteiger partial charge < -0.3 is 18.9 Å². The van der Waals surface area contributed by atoms with Gasteiger partial charge in [-0.15, -0.1) is 11.3 Å². The third-order valence-electron chi connectivity index (χ3n) is 15.0. The summed E-state index contributed by atoms with van der Waals surface area (Å²) in [6, 6.07) is 56.8. The quantitative estimate of drug-likeness (QED) is 0.165. The monoisotopic (exact) mass is 932 g/mol. The second-order valence-electron chi connectivity index (χ2n) is 23.9. The largest absolute Gasteiger partial charge is 0.458 e. The van der Waals surface area contributed by atoms with Crippen LogP contribution in [0.5, 0.6) is 23.0 Å². The molecule has 70 heavy (non-hydrogen) atoms. The van der Waals surface area contributed by atoms with Crippen molar-refractivity contribution in [2.24, 2.45) is 0 Å². The lowest BCUT2D eigenvalue weighted by Gasteiger charge is -2.34. The van der Waals surface area contributed by atoms with Gasteiger partial charge in [0, 0.05) is 54.8 Å². The summed E-state index contributed by atoms with van der Waals surface area (Å²) in [5, 5.41) is 4.92. The second-order valence-corrected chi connectivity index (χ2v) is 24.9. The van der Waals surface area contributed by atoms with E-state index in [2.05, 4.69) is 244 Å². The number of thiophene rings is 1. The molecule has 0 radical (unpaired) electrons. The number of ether oxygens (including phenoxy) is 2. The molecular weight excluding hydrogens is 872 g/mol. The second kappa shape index (κ2) is 15.4. The zero-order valence-corrected chi connectivity index (χ0v) is 43.4. The Hall–Kier alpha value is -6.76. The van der Waals surface area contributed by atoms with Gasteiger partial charge in [0.2, 0.25) is 0 Å². The molecule has 4 heterocycles. The highest BCUT2D eigenvalue weighted by Crippen LogP contribution is 2.49. The Balaban J connectivity index is 1.10. The van der Waals surface area contributed by atoms with Crippen LogP contribution in [0.4, 0.5) is 17.1 Å². The molecule has 0 N–H and O–H groups in total. The maximum Gasteiger partial charge on any atom is 0.260 e. The third-order valence-corrected chi connectivity index (χ3v) is 16.1. The van der Waals surface area contributed by atoms with Crippen LogP contribution in [0.1, 0.15) is 105 Å². The van der Waals surface area contributed by atoms with Gasteiger partial charge in [-0.25, -0.2) is 0 Å². The van der Waals surface area contributed by atoms with Crippen LogP contribution in [0, 0.1) is 0 Å². The molecular formula is C64H61BN2O2S. The van der Waals surface area contributed by atoms with Gasteiger partial charge in [-0.2, -0.15) is 0 Å². The predicted molar refractivity (Wildman–Crippen MR) is 301 cm³/mol. The van der Waals surface area contributed by atoms with Crippen molar-refractivity contribution in [3.05, 3.63) is 174 Å². The molecule has 0 amide bonds. The first-order valence-electron chi connectivity index (χ1n) is 24.9. The predicted octanol–water partition coefficient (Wildman–Crippen LogP) is 16.5. The minimum absolute atomic E-state index is 0.00163. The van der Waals surface area contributed by atoms with Crippen LogP contribution in [0.2, 0.25) is 0 Å². The van der Waals surface area contributed by atoms with E-state index in [4.69, 9.17) is 9.47 Å². The van der Waals surface area contributed by atoms with Gasteiger partial charge in [-0.1, -0.05) is 150 Å². The highest BCUT2D eigenvalue weighted by Gasteiger charge is 2.42. The normalized spacial score (nSPS) is 13.6. The molecule has 2 aliphatic heterocycles. The smallest absolute Gasteiger partial charge is 0.260 e. The van der Waals surface area contributed by atoms with E-state index in [0.29, 0.717) is 0 Å². The molecule has 0 bridgehead atoms. The fourth-order valence-corrected chi connectivity index (χ4v) is 12.1.